The standard InChI is InChI=1S/C13H16F3N3S2/c1-2-9-10(21-4-3-20-9)12-18-8-6-17-5-7(8)11(19-12)13(14,15)16/h9-10,17H,2-6H2,1H3. The van der Waals surface area contributed by atoms with Crippen molar-refractivity contribution in [2.75, 3.05) is 11.5 Å². The highest BCUT2D eigenvalue weighted by Crippen LogP contribution is 2.44. The van der Waals surface area contributed by atoms with Crippen molar-refractivity contribution in [2.45, 2.75) is 43.1 Å². The van der Waals surface area contributed by atoms with Gasteiger partial charge < -0.3 is 5.32 Å². The fraction of sp³-hybridized carbons (Fsp3) is 0.692. The Kier molecular flexibility index (Phi) is 4.38. The number of halogens is 3. The Labute approximate surface area is 129 Å². The molecule has 3 nitrogen and oxygen atoms in total. The quantitative estimate of drug-likeness (QED) is 0.897. The van der Waals surface area contributed by atoms with Gasteiger partial charge in [0.2, 0.25) is 0 Å². The van der Waals surface area contributed by atoms with Gasteiger partial charge in [0.1, 0.15) is 5.82 Å². The second-order valence-electron chi connectivity index (χ2n) is 5.07. The summed E-state index contributed by atoms with van der Waals surface area (Å²) in [6.45, 7) is 2.67. The van der Waals surface area contributed by atoms with Gasteiger partial charge in [0, 0.05) is 35.4 Å². The molecule has 0 amide bonds. The molecule has 2 aliphatic heterocycles. The van der Waals surface area contributed by atoms with Gasteiger partial charge in [-0.1, -0.05) is 6.92 Å². The van der Waals surface area contributed by atoms with Gasteiger partial charge in [-0.05, 0) is 6.42 Å². The second kappa shape index (κ2) is 5.96. The number of hydrogen-bond donors (Lipinski definition) is 1. The average molecular weight is 335 g/mol. The van der Waals surface area contributed by atoms with Gasteiger partial charge in [-0.3, -0.25) is 0 Å². The number of aromatic nitrogens is 2. The number of nitrogens with one attached hydrogen (secondary N) is 1. The smallest absolute Gasteiger partial charge is 0.307 e. The summed E-state index contributed by atoms with van der Waals surface area (Å²) in [5.41, 5.74) is -0.0235. The fourth-order valence-corrected chi connectivity index (χ4v) is 5.68. The van der Waals surface area contributed by atoms with Crippen LogP contribution >= 0.6 is 23.5 Å². The molecule has 1 N–H and O–H groups in total. The van der Waals surface area contributed by atoms with E-state index in [9.17, 15) is 13.2 Å². The van der Waals surface area contributed by atoms with Gasteiger partial charge in [0.05, 0.1) is 10.9 Å². The van der Waals surface area contributed by atoms with Crippen molar-refractivity contribution in [3.63, 3.8) is 0 Å². The lowest BCUT2D eigenvalue weighted by atomic mass is 10.1. The first kappa shape index (κ1) is 15.4. The lowest BCUT2D eigenvalue weighted by molar-refractivity contribution is -0.142. The Morgan fingerprint density at radius 3 is 2.67 bits per heavy atom. The number of rotatable bonds is 2. The molecule has 8 heteroatoms. The maximum absolute atomic E-state index is 13.2. The second-order valence-corrected chi connectivity index (χ2v) is 7.66. The van der Waals surface area contributed by atoms with Gasteiger partial charge in [-0.25, -0.2) is 9.97 Å². The van der Waals surface area contributed by atoms with Crippen LogP contribution in [0.15, 0.2) is 0 Å². The summed E-state index contributed by atoms with van der Waals surface area (Å²) in [5.74, 6) is 2.33. The lowest BCUT2D eigenvalue weighted by Gasteiger charge is -2.29. The molecule has 3 heterocycles. The van der Waals surface area contributed by atoms with E-state index in [0.717, 1.165) is 17.9 Å². The molecule has 116 valence electrons. The van der Waals surface area contributed by atoms with E-state index in [2.05, 4.69) is 22.2 Å². The van der Waals surface area contributed by atoms with Crippen molar-refractivity contribution in [1.82, 2.24) is 15.3 Å². The molecule has 0 spiro atoms. The Morgan fingerprint density at radius 1 is 1.19 bits per heavy atom. The summed E-state index contributed by atoms with van der Waals surface area (Å²) in [6, 6.07) is 0. The van der Waals surface area contributed by atoms with Crippen molar-refractivity contribution in [1.29, 1.82) is 0 Å². The van der Waals surface area contributed by atoms with Gasteiger partial charge in [0.15, 0.2) is 5.69 Å². The van der Waals surface area contributed by atoms with Crippen molar-refractivity contribution >= 4 is 23.5 Å². The van der Waals surface area contributed by atoms with E-state index in [1.807, 2.05) is 11.8 Å². The first-order chi connectivity index (χ1) is 10.0. The summed E-state index contributed by atoms with van der Waals surface area (Å²) < 4.78 is 39.7. The number of fused-ring (bicyclic) bond motifs is 1. The van der Waals surface area contributed by atoms with Crippen LogP contribution in [-0.2, 0) is 19.3 Å². The van der Waals surface area contributed by atoms with E-state index >= 15 is 0 Å². The van der Waals surface area contributed by atoms with E-state index in [4.69, 9.17) is 0 Å². The van der Waals surface area contributed by atoms with E-state index in [1.165, 1.54) is 0 Å². The van der Waals surface area contributed by atoms with Gasteiger partial charge in [-0.2, -0.15) is 24.9 Å². The highest BCUT2D eigenvalue weighted by atomic mass is 32.2. The van der Waals surface area contributed by atoms with Crippen molar-refractivity contribution in [2.24, 2.45) is 0 Å². The minimum absolute atomic E-state index is 0.0410. The molecule has 1 fully saturated rings. The summed E-state index contributed by atoms with van der Waals surface area (Å²) in [4.78, 5) is 8.37. The number of alkyl halides is 3. The largest absolute Gasteiger partial charge is 0.433 e. The molecule has 0 aliphatic carbocycles. The Morgan fingerprint density at radius 2 is 1.95 bits per heavy atom. The van der Waals surface area contributed by atoms with E-state index in [-0.39, 0.29) is 22.6 Å². The highest BCUT2D eigenvalue weighted by Gasteiger charge is 2.40. The van der Waals surface area contributed by atoms with Crippen molar-refractivity contribution < 1.29 is 13.2 Å². The molecule has 2 atom stereocenters. The van der Waals surface area contributed by atoms with Crippen LogP contribution in [0.5, 0.6) is 0 Å². The minimum atomic E-state index is -4.41. The molecule has 0 aromatic carbocycles. The van der Waals surface area contributed by atoms with Crippen LogP contribution in [0.25, 0.3) is 0 Å². The summed E-state index contributed by atoms with van der Waals surface area (Å²) in [5, 5.41) is 3.19. The molecule has 2 aliphatic rings. The van der Waals surface area contributed by atoms with Crippen LogP contribution in [0.2, 0.25) is 0 Å². The number of thioether (sulfide) groups is 2. The molecule has 21 heavy (non-hydrogen) atoms. The molecule has 3 rings (SSSR count). The summed E-state index contributed by atoms with van der Waals surface area (Å²) in [7, 11) is 0. The topological polar surface area (TPSA) is 37.8 Å². The zero-order valence-electron chi connectivity index (χ0n) is 11.5. The third-order valence-corrected chi connectivity index (χ3v) is 6.92. The molecule has 1 aromatic heterocycles. The van der Waals surface area contributed by atoms with Crippen LogP contribution < -0.4 is 5.32 Å². The monoisotopic (exact) mass is 335 g/mol. The van der Waals surface area contributed by atoms with Crippen LogP contribution in [0.1, 0.15) is 41.4 Å². The molecular weight excluding hydrogens is 319 g/mol. The molecule has 0 saturated carbocycles. The number of hydrogen-bond acceptors (Lipinski definition) is 5. The molecule has 1 aromatic rings. The zero-order chi connectivity index (χ0) is 15.0. The van der Waals surface area contributed by atoms with Crippen LogP contribution in [0.4, 0.5) is 13.2 Å². The van der Waals surface area contributed by atoms with Gasteiger partial charge in [0.25, 0.3) is 0 Å². The highest BCUT2D eigenvalue weighted by molar-refractivity contribution is 8.06. The Bertz CT molecular complexity index is 536. The maximum Gasteiger partial charge on any atom is 0.433 e. The van der Waals surface area contributed by atoms with Crippen molar-refractivity contribution in [3.8, 4) is 0 Å². The summed E-state index contributed by atoms with van der Waals surface area (Å²) >= 11 is 3.50. The average Bonchev–Trinajstić information content (AvgIpc) is 2.93. The van der Waals surface area contributed by atoms with Crippen LogP contribution in [0.3, 0.4) is 0 Å². The predicted octanol–water partition coefficient (Wildman–Crippen LogP) is 3.40. The molecular formula is C13H16F3N3S2. The normalized spacial score (nSPS) is 25.9. The minimum Gasteiger partial charge on any atom is -0.307 e. The summed E-state index contributed by atoms with van der Waals surface area (Å²) in [6.07, 6.45) is -3.50. The molecule has 0 bridgehead atoms. The van der Waals surface area contributed by atoms with Crippen LogP contribution in [0, 0.1) is 0 Å². The van der Waals surface area contributed by atoms with Gasteiger partial charge >= 0.3 is 6.18 Å². The third kappa shape index (κ3) is 3.03. The predicted molar refractivity (Wildman–Crippen MR) is 79.3 cm³/mol. The van der Waals surface area contributed by atoms with E-state index < -0.39 is 11.9 Å². The van der Waals surface area contributed by atoms with Crippen LogP contribution in [-0.4, -0.2) is 26.7 Å². The maximum atomic E-state index is 13.2. The first-order valence-corrected chi connectivity index (χ1v) is 9.01. The third-order valence-electron chi connectivity index (χ3n) is 3.68. The zero-order valence-corrected chi connectivity index (χ0v) is 13.2. The molecule has 2 unspecified atom stereocenters. The first-order valence-electron chi connectivity index (χ1n) is 6.91. The SMILES string of the molecule is CCC1SCCSC1c1nc2c(c(C(F)(F)F)n1)CNC2. The molecule has 1 saturated heterocycles. The lowest BCUT2D eigenvalue weighted by Crippen LogP contribution is -2.23. The van der Waals surface area contributed by atoms with Gasteiger partial charge in [-0.15, -0.1) is 11.8 Å². The Balaban J connectivity index is 2.03. The van der Waals surface area contributed by atoms with Crippen molar-refractivity contribution in [3.05, 3.63) is 22.8 Å². The van der Waals surface area contributed by atoms with E-state index in [1.54, 1.807) is 11.8 Å². The number of nitrogens with zero attached hydrogens (tertiary/aromatic N) is 2. The van der Waals surface area contributed by atoms with E-state index in [0.29, 0.717) is 18.1 Å². The Hall–Kier alpha value is -0.470. The molecule has 0 radical (unpaired) electrons. The fourth-order valence-electron chi connectivity index (χ4n) is 2.69.